The van der Waals surface area contributed by atoms with Crippen LogP contribution >= 0.6 is 12.2 Å². The topological polar surface area (TPSA) is 101 Å². The van der Waals surface area contributed by atoms with Gasteiger partial charge in [-0.05, 0) is 25.0 Å². The molecule has 0 atom stereocenters. The minimum Gasteiger partial charge on any atom is -0.381 e. The molecule has 0 spiro atoms. The molecule has 0 saturated carbocycles. The number of hydrazone groups is 1. The number of nitrogens with zero attached hydrogens (tertiary/aromatic N) is 3. The van der Waals surface area contributed by atoms with Crippen molar-refractivity contribution < 1.29 is 0 Å². The fourth-order valence-electron chi connectivity index (χ4n) is 0.451. The lowest BCUT2D eigenvalue weighted by Crippen LogP contribution is -2.33. The summed E-state index contributed by atoms with van der Waals surface area (Å²) in [6, 6.07) is 0. The molecule has 0 aromatic carbocycles. The Kier molecular flexibility index (Phi) is 6.39. The highest BCUT2D eigenvalue weighted by molar-refractivity contribution is 7.80. The summed E-state index contributed by atoms with van der Waals surface area (Å²) in [5, 5.41) is 3.73. The molecule has 15 heavy (non-hydrogen) atoms. The number of thiocarbonyl (C=S) groups is 1. The Balaban J connectivity index is 4.41. The van der Waals surface area contributed by atoms with Gasteiger partial charge < -0.3 is 11.5 Å². The van der Waals surface area contributed by atoms with Crippen LogP contribution in [0.3, 0.4) is 0 Å². The molecule has 0 bridgehead atoms. The molecular weight excluding hydrogens is 212 g/mol. The molecule has 0 radical (unpaired) electrons. The molecule has 0 rings (SSSR count). The number of aliphatic imine (C=N–C) groups is 2. The maximum absolute atomic E-state index is 5.46. The summed E-state index contributed by atoms with van der Waals surface area (Å²) in [7, 11) is 0. The van der Waals surface area contributed by atoms with Crippen molar-refractivity contribution in [2.45, 2.75) is 0 Å². The Bertz CT molecular complexity index is 341. The Morgan fingerprint density at radius 1 is 1.33 bits per heavy atom. The van der Waals surface area contributed by atoms with E-state index in [1.807, 2.05) is 0 Å². The fraction of sp³-hybridized carbons (Fsp3) is 0. The molecule has 0 saturated heterocycles. The van der Waals surface area contributed by atoms with Crippen molar-refractivity contribution in [2.24, 2.45) is 26.6 Å². The number of rotatable bonds is 3. The summed E-state index contributed by atoms with van der Waals surface area (Å²) in [6.45, 7) is 6.66. The Labute approximate surface area is 93.2 Å². The first-order valence-corrected chi connectivity index (χ1v) is 4.23. The Morgan fingerprint density at radius 2 is 2.00 bits per heavy atom. The van der Waals surface area contributed by atoms with Crippen LogP contribution in [0.5, 0.6) is 0 Å². The highest BCUT2D eigenvalue weighted by atomic mass is 32.1. The molecule has 0 amide bonds. The van der Waals surface area contributed by atoms with Crippen molar-refractivity contribution in [2.75, 3.05) is 0 Å². The fourth-order valence-corrected chi connectivity index (χ4v) is 0.497. The summed E-state index contributed by atoms with van der Waals surface area (Å²) < 4.78 is 0. The molecule has 5 N–H and O–H groups in total. The zero-order chi connectivity index (χ0) is 11.7. The van der Waals surface area contributed by atoms with Gasteiger partial charge >= 0.3 is 0 Å². The van der Waals surface area contributed by atoms with E-state index < -0.39 is 0 Å². The van der Waals surface area contributed by atoms with Crippen molar-refractivity contribution in [1.82, 2.24) is 5.43 Å². The summed E-state index contributed by atoms with van der Waals surface area (Å²) in [5.74, 6) is 0.0715. The molecule has 0 aliphatic carbocycles. The van der Waals surface area contributed by atoms with Gasteiger partial charge in [-0.1, -0.05) is 12.7 Å². The van der Waals surface area contributed by atoms with Gasteiger partial charge in [-0.15, -0.1) is 0 Å². The second-order valence-corrected chi connectivity index (χ2v) is 2.55. The summed E-state index contributed by atoms with van der Waals surface area (Å²) in [6.07, 6.45) is 4.59. The minimum atomic E-state index is 0.00899. The number of allylic oxidation sites excluding steroid dienone is 2. The molecular formula is C8H12N6S. The maximum atomic E-state index is 5.46. The molecule has 80 valence electrons. The lowest BCUT2D eigenvalue weighted by molar-refractivity contribution is 1.03. The van der Waals surface area contributed by atoms with Gasteiger partial charge in [-0.25, -0.2) is 15.4 Å². The predicted molar refractivity (Wildman–Crippen MR) is 67.9 cm³/mol. The van der Waals surface area contributed by atoms with Crippen LogP contribution in [0.2, 0.25) is 0 Å². The summed E-state index contributed by atoms with van der Waals surface area (Å²) in [5.41, 5.74) is 13.3. The van der Waals surface area contributed by atoms with E-state index in [9.17, 15) is 0 Å². The van der Waals surface area contributed by atoms with Crippen molar-refractivity contribution in [1.29, 1.82) is 0 Å². The molecule has 0 aliphatic heterocycles. The van der Waals surface area contributed by atoms with E-state index in [0.717, 1.165) is 0 Å². The van der Waals surface area contributed by atoms with Crippen LogP contribution < -0.4 is 16.9 Å². The first-order valence-electron chi connectivity index (χ1n) is 3.83. The molecule has 6 nitrogen and oxygen atoms in total. The van der Waals surface area contributed by atoms with Crippen molar-refractivity contribution in [3.05, 3.63) is 24.9 Å². The van der Waals surface area contributed by atoms with Gasteiger partial charge in [-0.3, -0.25) is 0 Å². The van der Waals surface area contributed by atoms with Gasteiger partial charge in [0.05, 0.1) is 0 Å². The maximum Gasteiger partial charge on any atom is 0.212 e. The summed E-state index contributed by atoms with van der Waals surface area (Å²) in [4.78, 5) is 7.17. The highest BCUT2D eigenvalue weighted by Gasteiger charge is 1.97. The lowest BCUT2D eigenvalue weighted by atomic mass is 10.5. The van der Waals surface area contributed by atoms with Crippen LogP contribution in [-0.4, -0.2) is 23.5 Å². The van der Waals surface area contributed by atoms with Crippen molar-refractivity contribution in [3.8, 4) is 0 Å². The van der Waals surface area contributed by atoms with E-state index in [1.165, 1.54) is 6.20 Å². The standard InChI is InChI=1S/C8H12N6S/c1-3-4-5-12-6(9)7(10)13-14-8(15)11-2/h3-5H,1-2H2,(H2,9,12)(H2,10,13)(H,14,15)/b5-4-. The van der Waals surface area contributed by atoms with Gasteiger partial charge in [0.15, 0.2) is 11.7 Å². The van der Waals surface area contributed by atoms with Crippen LogP contribution in [-0.2, 0) is 0 Å². The molecule has 0 unspecified atom stereocenters. The second kappa shape index (κ2) is 7.39. The van der Waals surface area contributed by atoms with E-state index in [2.05, 4.69) is 46.0 Å². The van der Waals surface area contributed by atoms with Crippen molar-refractivity contribution in [3.63, 3.8) is 0 Å². The minimum absolute atomic E-state index is 0.00899. The van der Waals surface area contributed by atoms with Crippen LogP contribution in [0.15, 0.2) is 40.0 Å². The number of amidine groups is 2. The quantitative estimate of drug-likeness (QED) is 0.205. The van der Waals surface area contributed by atoms with Crippen LogP contribution in [0.25, 0.3) is 0 Å². The third-order valence-electron chi connectivity index (χ3n) is 1.11. The first-order chi connectivity index (χ1) is 7.11. The number of nitrogens with two attached hydrogens (primary N) is 2. The monoisotopic (exact) mass is 224 g/mol. The second-order valence-electron chi connectivity index (χ2n) is 2.16. The summed E-state index contributed by atoms with van der Waals surface area (Å²) >= 11 is 4.66. The first kappa shape index (κ1) is 13.0. The molecule has 0 aromatic heterocycles. The smallest absolute Gasteiger partial charge is 0.212 e. The highest BCUT2D eigenvalue weighted by Crippen LogP contribution is 1.79. The Morgan fingerprint density at radius 3 is 2.53 bits per heavy atom. The van der Waals surface area contributed by atoms with Crippen molar-refractivity contribution >= 4 is 35.7 Å². The Hall–Kier alpha value is -2.02. The zero-order valence-electron chi connectivity index (χ0n) is 8.05. The molecule has 0 aliphatic rings. The van der Waals surface area contributed by atoms with Gasteiger partial charge in [0, 0.05) is 6.20 Å². The zero-order valence-corrected chi connectivity index (χ0v) is 8.87. The van der Waals surface area contributed by atoms with Gasteiger partial charge in [0.25, 0.3) is 0 Å². The molecule has 0 heterocycles. The van der Waals surface area contributed by atoms with Gasteiger partial charge in [0.2, 0.25) is 5.11 Å². The molecule has 7 heteroatoms. The normalized spacial score (nSPS) is 12.5. The number of hydrogen-bond donors (Lipinski definition) is 3. The SMILES string of the molecule is C=C\C=C/N=C(N)\C(N)=N\NC(=S)N=C. The van der Waals surface area contributed by atoms with Gasteiger partial charge in [-0.2, -0.15) is 5.10 Å². The number of hydrogen-bond acceptors (Lipinski definition) is 3. The average Bonchev–Trinajstić information content (AvgIpc) is 2.25. The number of nitrogens with one attached hydrogen (secondary N) is 1. The predicted octanol–water partition coefficient (Wildman–Crippen LogP) is -0.109. The van der Waals surface area contributed by atoms with Gasteiger partial charge in [0.1, 0.15) is 0 Å². The van der Waals surface area contributed by atoms with E-state index in [4.69, 9.17) is 11.5 Å². The lowest BCUT2D eigenvalue weighted by Gasteiger charge is -1.99. The van der Waals surface area contributed by atoms with Crippen LogP contribution in [0, 0.1) is 0 Å². The third-order valence-corrected chi connectivity index (χ3v) is 1.33. The molecule has 0 fully saturated rings. The van der Waals surface area contributed by atoms with E-state index in [-0.39, 0.29) is 16.8 Å². The van der Waals surface area contributed by atoms with E-state index >= 15 is 0 Å². The van der Waals surface area contributed by atoms with E-state index in [1.54, 1.807) is 12.2 Å². The van der Waals surface area contributed by atoms with E-state index in [0.29, 0.717) is 0 Å². The largest absolute Gasteiger partial charge is 0.381 e. The van der Waals surface area contributed by atoms with Crippen LogP contribution in [0.4, 0.5) is 0 Å². The molecule has 0 aromatic rings. The third kappa shape index (κ3) is 6.11. The van der Waals surface area contributed by atoms with Crippen LogP contribution in [0.1, 0.15) is 0 Å². The average molecular weight is 224 g/mol.